The molecular weight excluding hydrogens is 667 g/mol. The Hall–Kier alpha value is -5.32. The van der Waals surface area contributed by atoms with Gasteiger partial charge in [-0.15, -0.1) is 0 Å². The minimum Gasteiger partial charge on any atom is -0.376 e. The summed E-state index contributed by atoms with van der Waals surface area (Å²) >= 11 is 0. The van der Waals surface area contributed by atoms with Gasteiger partial charge in [-0.25, -0.2) is 8.78 Å². The van der Waals surface area contributed by atoms with Gasteiger partial charge in [-0.1, -0.05) is 97.1 Å². The summed E-state index contributed by atoms with van der Waals surface area (Å²) in [5, 5.41) is 0. The van der Waals surface area contributed by atoms with Gasteiger partial charge in [0.1, 0.15) is 9.79 Å². The van der Waals surface area contributed by atoms with E-state index in [9.17, 15) is 16.8 Å². The number of benzene rings is 6. The van der Waals surface area contributed by atoms with Gasteiger partial charge in [-0.05, 0) is 94.8 Å². The zero-order valence-electron chi connectivity index (χ0n) is 26.2. The van der Waals surface area contributed by atoms with E-state index in [4.69, 9.17) is 8.37 Å². The third-order valence-electron chi connectivity index (χ3n) is 8.81. The van der Waals surface area contributed by atoms with Crippen molar-refractivity contribution in [3.05, 3.63) is 178 Å². The minimum atomic E-state index is -4.36. The van der Waals surface area contributed by atoms with Crippen LogP contribution in [0.15, 0.2) is 143 Å². The highest BCUT2D eigenvalue weighted by Gasteiger charge is 2.46. The first kappa shape index (κ1) is 32.2. The van der Waals surface area contributed by atoms with Crippen LogP contribution >= 0.6 is 0 Å². The maximum Gasteiger partial charge on any atom is 0.339 e. The van der Waals surface area contributed by atoms with Crippen LogP contribution in [0.3, 0.4) is 0 Å². The van der Waals surface area contributed by atoms with E-state index in [1.54, 1.807) is 62.4 Å². The molecule has 10 heteroatoms. The maximum absolute atomic E-state index is 16.1. The van der Waals surface area contributed by atoms with Crippen LogP contribution in [0, 0.1) is 25.5 Å². The lowest BCUT2D eigenvalue weighted by Crippen LogP contribution is -2.29. The first-order chi connectivity index (χ1) is 23.4. The zero-order valence-corrected chi connectivity index (χ0v) is 27.9. The normalized spacial score (nSPS) is 13.4. The molecular formula is C39H28F2O6S2. The lowest BCUT2D eigenvalue weighted by Gasteiger charge is -2.34. The molecule has 6 aromatic rings. The third kappa shape index (κ3) is 5.37. The molecule has 0 aliphatic heterocycles. The van der Waals surface area contributed by atoms with Crippen molar-refractivity contribution in [3.8, 4) is 22.6 Å². The summed E-state index contributed by atoms with van der Waals surface area (Å²) in [6.07, 6.45) is 0. The molecule has 6 nitrogen and oxygen atoms in total. The first-order valence-electron chi connectivity index (χ1n) is 15.2. The smallest absolute Gasteiger partial charge is 0.339 e. The highest BCUT2D eigenvalue weighted by atomic mass is 32.2. The van der Waals surface area contributed by atoms with Crippen molar-refractivity contribution in [1.29, 1.82) is 0 Å². The van der Waals surface area contributed by atoms with E-state index < -0.39 is 48.8 Å². The first-order valence-corrected chi connectivity index (χ1v) is 18.0. The van der Waals surface area contributed by atoms with Crippen molar-refractivity contribution in [3.63, 3.8) is 0 Å². The van der Waals surface area contributed by atoms with Gasteiger partial charge < -0.3 is 8.37 Å². The fourth-order valence-electron chi connectivity index (χ4n) is 6.63. The minimum absolute atomic E-state index is 0.0872. The van der Waals surface area contributed by atoms with Gasteiger partial charge in [0.25, 0.3) is 0 Å². The molecule has 7 rings (SSSR count). The molecule has 0 radical (unpaired) electrons. The fraction of sp³-hybridized carbons (Fsp3) is 0.0769. The van der Waals surface area contributed by atoms with Crippen LogP contribution in [0.5, 0.6) is 11.5 Å². The predicted molar refractivity (Wildman–Crippen MR) is 182 cm³/mol. The zero-order chi connectivity index (χ0) is 34.6. The maximum atomic E-state index is 16.1. The molecule has 0 N–H and O–H groups in total. The molecule has 0 spiro atoms. The Labute approximate surface area is 283 Å². The van der Waals surface area contributed by atoms with E-state index >= 15 is 8.78 Å². The average Bonchev–Trinajstić information content (AvgIpc) is 3.38. The van der Waals surface area contributed by atoms with Gasteiger partial charge in [0, 0.05) is 0 Å². The Bertz CT molecular complexity index is 2320. The molecule has 0 saturated carbocycles. The quantitative estimate of drug-likeness (QED) is 0.148. The van der Waals surface area contributed by atoms with Crippen molar-refractivity contribution in [2.75, 3.05) is 0 Å². The van der Waals surface area contributed by atoms with E-state index in [1.807, 2.05) is 48.5 Å². The van der Waals surface area contributed by atoms with E-state index in [0.29, 0.717) is 22.3 Å². The molecule has 0 saturated heterocycles. The predicted octanol–water partition coefficient (Wildman–Crippen LogP) is 8.48. The Morgan fingerprint density at radius 3 is 1.24 bits per heavy atom. The van der Waals surface area contributed by atoms with Crippen LogP contribution in [0.1, 0.15) is 33.4 Å². The van der Waals surface area contributed by atoms with Crippen molar-refractivity contribution >= 4 is 20.2 Å². The Balaban J connectivity index is 1.38. The highest BCUT2D eigenvalue weighted by molar-refractivity contribution is 7.87. The van der Waals surface area contributed by atoms with Crippen LogP contribution in [-0.2, 0) is 25.7 Å². The summed E-state index contributed by atoms with van der Waals surface area (Å²) in [5.74, 6) is -2.89. The summed E-state index contributed by atoms with van der Waals surface area (Å²) in [6, 6.07) is 35.4. The summed E-state index contributed by atoms with van der Waals surface area (Å²) in [6.45, 7) is 3.23. The number of aryl methyl sites for hydroxylation is 2. The lowest BCUT2D eigenvalue weighted by molar-refractivity contribution is 0.460. The van der Waals surface area contributed by atoms with Crippen LogP contribution in [0.4, 0.5) is 8.78 Å². The van der Waals surface area contributed by atoms with Crippen molar-refractivity contribution in [2.45, 2.75) is 29.1 Å². The SMILES string of the molecule is Cc1ccccc1S(=O)(=O)Oc1ccc(C2(c3ccc(OS(=O)(=O)c4ccccc4C)c(F)c3)c3ccccc3-c3ccccc32)cc1F. The van der Waals surface area contributed by atoms with Crippen molar-refractivity contribution < 1.29 is 34.0 Å². The summed E-state index contributed by atoms with van der Waals surface area (Å²) in [5.41, 5.74) is 3.43. The van der Waals surface area contributed by atoms with Gasteiger partial charge in [-0.2, -0.15) is 16.8 Å². The number of rotatable bonds is 8. The topological polar surface area (TPSA) is 86.7 Å². The molecule has 0 atom stereocenters. The van der Waals surface area contributed by atoms with E-state index in [2.05, 4.69) is 0 Å². The molecule has 0 fully saturated rings. The lowest BCUT2D eigenvalue weighted by atomic mass is 9.67. The Kier molecular flexibility index (Phi) is 7.88. The molecule has 0 unspecified atom stereocenters. The van der Waals surface area contributed by atoms with E-state index in [-0.39, 0.29) is 9.79 Å². The van der Waals surface area contributed by atoms with Gasteiger partial charge >= 0.3 is 20.2 Å². The molecule has 1 aliphatic rings. The number of hydrogen-bond acceptors (Lipinski definition) is 6. The molecule has 0 bridgehead atoms. The molecule has 1 aliphatic carbocycles. The van der Waals surface area contributed by atoms with Gasteiger partial charge in [-0.3, -0.25) is 0 Å². The summed E-state index contributed by atoms with van der Waals surface area (Å²) in [7, 11) is -8.73. The average molecular weight is 695 g/mol. The standard InChI is InChI=1S/C39H28F2O6S2/c1-25-11-3-9-17-37(25)48(42,43)46-35-21-19-27(23-33(35)40)39(31-15-7-5-13-29(31)30-14-6-8-16-32(30)39)28-20-22-36(34(41)24-28)47-49(44,45)38-18-10-4-12-26(38)2/h3-24H,1-2H3. The number of hydrogen-bond donors (Lipinski definition) is 0. The second-order valence-corrected chi connectivity index (χ2v) is 14.8. The fourth-order valence-corrected chi connectivity index (χ4v) is 8.97. The molecule has 0 aromatic heterocycles. The summed E-state index contributed by atoms with van der Waals surface area (Å²) in [4.78, 5) is -0.174. The third-order valence-corrected chi connectivity index (χ3v) is 11.6. The molecule has 0 amide bonds. The van der Waals surface area contributed by atoms with Crippen molar-refractivity contribution in [1.82, 2.24) is 0 Å². The summed E-state index contributed by atoms with van der Waals surface area (Å²) < 4.78 is 95.2. The van der Waals surface area contributed by atoms with Crippen LogP contribution in [0.2, 0.25) is 0 Å². The van der Waals surface area contributed by atoms with Crippen molar-refractivity contribution in [2.24, 2.45) is 0 Å². The molecule has 246 valence electrons. The largest absolute Gasteiger partial charge is 0.376 e. The molecule has 0 heterocycles. The monoisotopic (exact) mass is 694 g/mol. The molecule has 49 heavy (non-hydrogen) atoms. The molecule has 6 aromatic carbocycles. The van der Waals surface area contributed by atoms with Gasteiger partial charge in [0.05, 0.1) is 5.41 Å². The van der Waals surface area contributed by atoms with Gasteiger partial charge in [0.2, 0.25) is 0 Å². The van der Waals surface area contributed by atoms with Crippen LogP contribution < -0.4 is 8.37 Å². The number of fused-ring (bicyclic) bond motifs is 3. The van der Waals surface area contributed by atoms with Crippen LogP contribution in [0.25, 0.3) is 11.1 Å². The Morgan fingerprint density at radius 2 is 0.857 bits per heavy atom. The number of halogens is 2. The van der Waals surface area contributed by atoms with Gasteiger partial charge in [0.15, 0.2) is 23.1 Å². The highest BCUT2D eigenvalue weighted by Crippen LogP contribution is 2.56. The van der Waals surface area contributed by atoms with E-state index in [0.717, 1.165) is 22.3 Å². The second kappa shape index (κ2) is 12.0. The van der Waals surface area contributed by atoms with Crippen LogP contribution in [-0.4, -0.2) is 16.8 Å². The second-order valence-electron chi connectivity index (χ2n) is 11.7. The Morgan fingerprint density at radius 1 is 0.490 bits per heavy atom. The van der Waals surface area contributed by atoms with E-state index in [1.165, 1.54) is 36.4 Å².